The summed E-state index contributed by atoms with van der Waals surface area (Å²) in [6, 6.07) is 5.70. The van der Waals surface area contributed by atoms with Crippen LogP contribution in [0.4, 0.5) is 4.79 Å². The highest BCUT2D eigenvalue weighted by Gasteiger charge is 2.11. The molecule has 0 unspecified atom stereocenters. The Balaban J connectivity index is 1.94. The fraction of sp³-hybridized carbons (Fsp3) is 0.500. The summed E-state index contributed by atoms with van der Waals surface area (Å²) in [4.78, 5) is 11.5. The molecule has 0 aliphatic carbocycles. The number of rotatable bonds is 3. The molecule has 0 fully saturated rings. The minimum atomic E-state index is -0.165. The molecule has 1 aromatic carbocycles. The lowest BCUT2D eigenvalue weighted by Gasteiger charge is -2.12. The number of fused-ring (bicyclic) bond motifs is 1. The summed E-state index contributed by atoms with van der Waals surface area (Å²) >= 11 is 0. The van der Waals surface area contributed by atoms with E-state index in [2.05, 4.69) is 10.6 Å². The van der Waals surface area contributed by atoms with Gasteiger partial charge in [0.25, 0.3) is 0 Å². The highest BCUT2D eigenvalue weighted by Crippen LogP contribution is 2.30. The van der Waals surface area contributed by atoms with Gasteiger partial charge in [0.2, 0.25) is 0 Å². The molecule has 5 nitrogen and oxygen atoms in total. The second kappa shape index (κ2) is 6.31. The maximum atomic E-state index is 11.5. The second-order valence-electron chi connectivity index (χ2n) is 4.81. The van der Waals surface area contributed by atoms with Crippen LogP contribution in [-0.2, 0) is 6.54 Å². The molecule has 0 atom stereocenters. The number of amides is 2. The van der Waals surface area contributed by atoms with Gasteiger partial charge in [0.1, 0.15) is 0 Å². The van der Waals surface area contributed by atoms with E-state index >= 15 is 0 Å². The number of carbonyl (C=O) groups is 1. The van der Waals surface area contributed by atoms with Gasteiger partial charge in [0.05, 0.1) is 13.2 Å². The van der Waals surface area contributed by atoms with Crippen LogP contribution in [0.1, 0.15) is 25.8 Å². The fourth-order valence-corrected chi connectivity index (χ4v) is 1.81. The van der Waals surface area contributed by atoms with Crippen molar-refractivity contribution < 1.29 is 14.3 Å². The fourth-order valence-electron chi connectivity index (χ4n) is 1.81. The van der Waals surface area contributed by atoms with Gasteiger partial charge < -0.3 is 20.1 Å². The Kier molecular flexibility index (Phi) is 4.49. The van der Waals surface area contributed by atoms with Crippen molar-refractivity contribution in [2.24, 2.45) is 0 Å². The predicted octanol–water partition coefficient (Wildman–Crippen LogP) is 2.06. The van der Waals surface area contributed by atoms with E-state index in [-0.39, 0.29) is 12.1 Å². The van der Waals surface area contributed by atoms with Crippen LogP contribution in [0.25, 0.3) is 0 Å². The van der Waals surface area contributed by atoms with E-state index in [1.165, 1.54) is 0 Å². The van der Waals surface area contributed by atoms with E-state index in [1.807, 2.05) is 32.0 Å². The van der Waals surface area contributed by atoms with E-state index in [9.17, 15) is 4.79 Å². The summed E-state index contributed by atoms with van der Waals surface area (Å²) in [5.41, 5.74) is 0.989. The number of benzene rings is 1. The Morgan fingerprint density at radius 1 is 1.26 bits per heavy atom. The number of nitrogens with one attached hydrogen (secondary N) is 2. The van der Waals surface area contributed by atoms with Crippen molar-refractivity contribution >= 4 is 6.03 Å². The minimum absolute atomic E-state index is 0.128. The predicted molar refractivity (Wildman–Crippen MR) is 72.6 cm³/mol. The van der Waals surface area contributed by atoms with Crippen LogP contribution in [-0.4, -0.2) is 25.3 Å². The van der Waals surface area contributed by atoms with E-state index in [4.69, 9.17) is 9.47 Å². The summed E-state index contributed by atoms with van der Waals surface area (Å²) in [6.07, 6.45) is 0.888. The number of hydrogen-bond donors (Lipinski definition) is 2. The summed E-state index contributed by atoms with van der Waals surface area (Å²) < 4.78 is 11.2. The smallest absolute Gasteiger partial charge is 0.315 e. The van der Waals surface area contributed by atoms with Crippen molar-refractivity contribution in [3.05, 3.63) is 23.8 Å². The molecule has 5 heteroatoms. The molecule has 0 saturated carbocycles. The second-order valence-corrected chi connectivity index (χ2v) is 4.81. The lowest BCUT2D eigenvalue weighted by Crippen LogP contribution is -2.39. The third kappa shape index (κ3) is 4.05. The summed E-state index contributed by atoms with van der Waals surface area (Å²) in [5.74, 6) is 1.52. The van der Waals surface area contributed by atoms with Gasteiger partial charge in [-0.2, -0.15) is 0 Å². The van der Waals surface area contributed by atoms with Crippen LogP contribution in [0, 0.1) is 0 Å². The molecule has 0 radical (unpaired) electrons. The average molecular weight is 264 g/mol. The van der Waals surface area contributed by atoms with E-state index in [1.54, 1.807) is 0 Å². The maximum absolute atomic E-state index is 11.5. The van der Waals surface area contributed by atoms with Gasteiger partial charge in [-0.1, -0.05) is 6.07 Å². The lowest BCUT2D eigenvalue weighted by atomic mass is 10.2. The molecule has 1 heterocycles. The molecule has 0 spiro atoms. The van der Waals surface area contributed by atoms with Crippen molar-refractivity contribution in [1.82, 2.24) is 10.6 Å². The van der Waals surface area contributed by atoms with Crippen LogP contribution < -0.4 is 20.1 Å². The highest BCUT2D eigenvalue weighted by molar-refractivity contribution is 5.74. The Bertz CT molecular complexity index is 446. The van der Waals surface area contributed by atoms with E-state index in [0.29, 0.717) is 19.8 Å². The molecule has 2 rings (SSSR count). The van der Waals surface area contributed by atoms with Gasteiger partial charge in [0, 0.05) is 19.0 Å². The third-order valence-corrected chi connectivity index (χ3v) is 2.68. The van der Waals surface area contributed by atoms with Crippen LogP contribution in [0.3, 0.4) is 0 Å². The molecular formula is C14H20N2O3. The Morgan fingerprint density at radius 2 is 2.00 bits per heavy atom. The zero-order valence-electron chi connectivity index (χ0n) is 11.4. The normalized spacial score (nSPS) is 13.8. The average Bonchev–Trinajstić information content (AvgIpc) is 2.60. The molecule has 19 heavy (non-hydrogen) atoms. The number of urea groups is 1. The number of ether oxygens (including phenoxy) is 2. The molecule has 2 amide bonds. The first-order chi connectivity index (χ1) is 9.15. The molecule has 0 aromatic heterocycles. The largest absolute Gasteiger partial charge is 0.490 e. The minimum Gasteiger partial charge on any atom is -0.490 e. The Labute approximate surface area is 113 Å². The first-order valence-electron chi connectivity index (χ1n) is 6.58. The van der Waals surface area contributed by atoms with Gasteiger partial charge in [-0.3, -0.25) is 0 Å². The van der Waals surface area contributed by atoms with Crippen molar-refractivity contribution in [2.45, 2.75) is 32.9 Å². The van der Waals surface area contributed by atoms with Gasteiger partial charge in [0.15, 0.2) is 11.5 Å². The third-order valence-electron chi connectivity index (χ3n) is 2.68. The first kappa shape index (κ1) is 13.5. The molecule has 2 N–H and O–H groups in total. The SMILES string of the molecule is CC(C)NC(=O)NCc1ccc2c(c1)OCCCO2. The maximum Gasteiger partial charge on any atom is 0.315 e. The highest BCUT2D eigenvalue weighted by atomic mass is 16.5. The number of hydrogen-bond acceptors (Lipinski definition) is 3. The topological polar surface area (TPSA) is 59.6 Å². The summed E-state index contributed by atoms with van der Waals surface area (Å²) in [6.45, 7) is 5.66. The lowest BCUT2D eigenvalue weighted by molar-refractivity contribution is 0.238. The van der Waals surface area contributed by atoms with Crippen molar-refractivity contribution in [3.8, 4) is 11.5 Å². The Hall–Kier alpha value is -1.91. The number of carbonyl (C=O) groups excluding carboxylic acids is 1. The van der Waals surface area contributed by atoms with Crippen LogP contribution in [0.5, 0.6) is 11.5 Å². The van der Waals surface area contributed by atoms with Gasteiger partial charge in [-0.25, -0.2) is 4.79 Å². The monoisotopic (exact) mass is 264 g/mol. The molecule has 1 aliphatic heterocycles. The van der Waals surface area contributed by atoms with E-state index < -0.39 is 0 Å². The zero-order chi connectivity index (χ0) is 13.7. The van der Waals surface area contributed by atoms with Gasteiger partial charge in [-0.15, -0.1) is 0 Å². The molecule has 1 aromatic rings. The quantitative estimate of drug-likeness (QED) is 0.878. The molecule has 0 saturated heterocycles. The molecule has 1 aliphatic rings. The molecule has 0 bridgehead atoms. The molecule has 104 valence electrons. The van der Waals surface area contributed by atoms with Crippen molar-refractivity contribution in [1.29, 1.82) is 0 Å². The van der Waals surface area contributed by atoms with Crippen LogP contribution >= 0.6 is 0 Å². The van der Waals surface area contributed by atoms with E-state index in [0.717, 1.165) is 23.5 Å². The first-order valence-corrected chi connectivity index (χ1v) is 6.58. The Morgan fingerprint density at radius 3 is 2.74 bits per heavy atom. The standard InChI is InChI=1S/C14H20N2O3/c1-10(2)16-14(17)15-9-11-4-5-12-13(8-11)19-7-3-6-18-12/h4-5,8,10H,3,6-7,9H2,1-2H3,(H2,15,16,17). The van der Waals surface area contributed by atoms with Crippen molar-refractivity contribution in [2.75, 3.05) is 13.2 Å². The summed E-state index contributed by atoms with van der Waals surface area (Å²) in [7, 11) is 0. The van der Waals surface area contributed by atoms with Gasteiger partial charge in [-0.05, 0) is 31.5 Å². The van der Waals surface area contributed by atoms with Crippen LogP contribution in [0.15, 0.2) is 18.2 Å². The van der Waals surface area contributed by atoms with Crippen LogP contribution in [0.2, 0.25) is 0 Å². The van der Waals surface area contributed by atoms with Gasteiger partial charge >= 0.3 is 6.03 Å². The molecular weight excluding hydrogens is 244 g/mol. The van der Waals surface area contributed by atoms with Crippen molar-refractivity contribution in [3.63, 3.8) is 0 Å². The summed E-state index contributed by atoms with van der Waals surface area (Å²) in [5, 5.41) is 5.59. The zero-order valence-corrected chi connectivity index (χ0v) is 11.4.